The Morgan fingerprint density at radius 3 is 2.20 bits per heavy atom. The second-order valence-electron chi connectivity index (χ2n) is 4.88. The molecule has 10 heavy (non-hydrogen) atoms. The normalized spacial score (nSPS) is 50.1. The molecule has 2 bridgehead atoms. The summed E-state index contributed by atoms with van der Waals surface area (Å²) >= 11 is 0. The Labute approximate surface area is 64.0 Å². The fraction of sp³-hybridized carbons (Fsp3) is 1.00. The molecule has 3 atom stereocenters. The molecular formula is C10H18. The SMILES string of the molecule is C[C@@H]1[C@@H]2CC[C@@H](C2)C1(C)C. The van der Waals surface area contributed by atoms with E-state index in [4.69, 9.17) is 0 Å². The summed E-state index contributed by atoms with van der Waals surface area (Å²) in [6.07, 6.45) is 4.57. The largest absolute Gasteiger partial charge is 0.0617 e. The summed E-state index contributed by atoms with van der Waals surface area (Å²) in [5.74, 6) is 3.14. The van der Waals surface area contributed by atoms with Gasteiger partial charge in [-0.2, -0.15) is 0 Å². The van der Waals surface area contributed by atoms with Gasteiger partial charge in [-0.15, -0.1) is 0 Å². The zero-order chi connectivity index (χ0) is 7.35. The standard InChI is InChI=1S/C10H18/c1-7-8-4-5-9(6-8)10(7,2)3/h7-9H,4-6H2,1-3H3/t7-,8-,9+/m1/s1. The van der Waals surface area contributed by atoms with Gasteiger partial charge in [0.1, 0.15) is 0 Å². The molecule has 0 saturated heterocycles. The van der Waals surface area contributed by atoms with E-state index >= 15 is 0 Å². The van der Waals surface area contributed by atoms with Crippen LogP contribution < -0.4 is 0 Å². The summed E-state index contributed by atoms with van der Waals surface area (Å²) in [4.78, 5) is 0. The van der Waals surface area contributed by atoms with E-state index in [1.165, 1.54) is 19.3 Å². The molecule has 0 aromatic rings. The molecule has 2 aliphatic rings. The highest BCUT2D eigenvalue weighted by Crippen LogP contribution is 2.58. The van der Waals surface area contributed by atoms with Crippen LogP contribution >= 0.6 is 0 Å². The average molecular weight is 138 g/mol. The third-order valence-electron chi connectivity index (χ3n) is 4.41. The van der Waals surface area contributed by atoms with Crippen molar-refractivity contribution in [2.45, 2.75) is 40.0 Å². The van der Waals surface area contributed by atoms with Gasteiger partial charge >= 0.3 is 0 Å². The molecule has 2 saturated carbocycles. The van der Waals surface area contributed by atoms with Crippen molar-refractivity contribution in [1.82, 2.24) is 0 Å². The molecule has 58 valence electrons. The van der Waals surface area contributed by atoms with Gasteiger partial charge in [-0.1, -0.05) is 20.8 Å². The summed E-state index contributed by atoms with van der Waals surface area (Å²) in [6, 6.07) is 0. The maximum atomic E-state index is 2.46. The van der Waals surface area contributed by atoms with E-state index in [1.54, 1.807) is 0 Å². The topological polar surface area (TPSA) is 0 Å². The first-order valence-electron chi connectivity index (χ1n) is 4.62. The van der Waals surface area contributed by atoms with Crippen LogP contribution in [0, 0.1) is 23.2 Å². The predicted octanol–water partition coefficient (Wildman–Crippen LogP) is 3.08. The smallest absolute Gasteiger partial charge is 0.0297 e. The molecule has 0 aromatic heterocycles. The van der Waals surface area contributed by atoms with Gasteiger partial charge in [0.25, 0.3) is 0 Å². The van der Waals surface area contributed by atoms with Gasteiger partial charge in [0.15, 0.2) is 0 Å². The zero-order valence-electron chi connectivity index (χ0n) is 7.35. The minimum Gasteiger partial charge on any atom is -0.0617 e. The fourth-order valence-electron chi connectivity index (χ4n) is 3.13. The molecule has 0 unspecified atom stereocenters. The minimum absolute atomic E-state index is 0.670. The Kier molecular flexibility index (Phi) is 1.19. The van der Waals surface area contributed by atoms with E-state index in [-0.39, 0.29) is 0 Å². The van der Waals surface area contributed by atoms with Crippen LogP contribution in [-0.4, -0.2) is 0 Å². The van der Waals surface area contributed by atoms with E-state index < -0.39 is 0 Å². The lowest BCUT2D eigenvalue weighted by Crippen LogP contribution is -2.28. The van der Waals surface area contributed by atoms with Gasteiger partial charge in [0, 0.05) is 0 Å². The summed E-state index contributed by atoms with van der Waals surface area (Å²) < 4.78 is 0. The quantitative estimate of drug-likeness (QED) is 0.482. The lowest BCUT2D eigenvalue weighted by atomic mass is 9.70. The van der Waals surface area contributed by atoms with Crippen molar-refractivity contribution in [3.05, 3.63) is 0 Å². The lowest BCUT2D eigenvalue weighted by Gasteiger charge is -2.35. The molecule has 0 radical (unpaired) electrons. The summed E-state index contributed by atoms with van der Waals surface area (Å²) in [5, 5.41) is 0. The summed E-state index contributed by atoms with van der Waals surface area (Å²) in [7, 11) is 0. The highest BCUT2D eigenvalue weighted by molar-refractivity contribution is 4.99. The second-order valence-corrected chi connectivity index (χ2v) is 4.88. The third-order valence-corrected chi connectivity index (χ3v) is 4.41. The molecule has 0 spiro atoms. The van der Waals surface area contributed by atoms with Crippen molar-refractivity contribution >= 4 is 0 Å². The molecule has 0 amide bonds. The number of rotatable bonds is 0. The monoisotopic (exact) mass is 138 g/mol. The summed E-state index contributed by atoms with van der Waals surface area (Å²) in [5.41, 5.74) is 0.670. The number of fused-ring (bicyclic) bond motifs is 2. The molecule has 0 N–H and O–H groups in total. The number of hydrogen-bond acceptors (Lipinski definition) is 0. The van der Waals surface area contributed by atoms with Crippen molar-refractivity contribution in [2.75, 3.05) is 0 Å². The molecule has 0 nitrogen and oxygen atoms in total. The Hall–Kier alpha value is 0. The zero-order valence-corrected chi connectivity index (χ0v) is 7.35. The number of hydrogen-bond donors (Lipinski definition) is 0. The summed E-state index contributed by atoms with van der Waals surface area (Å²) in [6.45, 7) is 7.37. The van der Waals surface area contributed by atoms with Crippen molar-refractivity contribution < 1.29 is 0 Å². The van der Waals surface area contributed by atoms with E-state index in [2.05, 4.69) is 20.8 Å². The Morgan fingerprint density at radius 2 is 1.90 bits per heavy atom. The minimum atomic E-state index is 0.670. The van der Waals surface area contributed by atoms with E-state index in [1.807, 2.05) is 0 Å². The highest BCUT2D eigenvalue weighted by Gasteiger charge is 2.50. The van der Waals surface area contributed by atoms with Gasteiger partial charge in [-0.05, 0) is 42.4 Å². The molecule has 2 rings (SSSR count). The van der Waals surface area contributed by atoms with Crippen molar-refractivity contribution in [1.29, 1.82) is 0 Å². The van der Waals surface area contributed by atoms with E-state index in [9.17, 15) is 0 Å². The van der Waals surface area contributed by atoms with Crippen molar-refractivity contribution in [2.24, 2.45) is 23.2 Å². The van der Waals surface area contributed by atoms with Gasteiger partial charge < -0.3 is 0 Å². The van der Waals surface area contributed by atoms with Crippen molar-refractivity contribution in [3.8, 4) is 0 Å². The van der Waals surface area contributed by atoms with Crippen LogP contribution in [0.15, 0.2) is 0 Å². The first-order valence-corrected chi connectivity index (χ1v) is 4.62. The molecule has 2 aliphatic carbocycles. The van der Waals surface area contributed by atoms with Crippen LogP contribution in [0.1, 0.15) is 40.0 Å². The Balaban J connectivity index is 2.25. The van der Waals surface area contributed by atoms with Gasteiger partial charge in [-0.25, -0.2) is 0 Å². The molecule has 0 heterocycles. The van der Waals surface area contributed by atoms with Gasteiger partial charge in [-0.3, -0.25) is 0 Å². The molecule has 0 aromatic carbocycles. The van der Waals surface area contributed by atoms with Gasteiger partial charge in [0.2, 0.25) is 0 Å². The van der Waals surface area contributed by atoms with Gasteiger partial charge in [0.05, 0.1) is 0 Å². The Bertz CT molecular complexity index is 142. The molecule has 0 aliphatic heterocycles. The van der Waals surface area contributed by atoms with E-state index in [0.717, 1.165) is 17.8 Å². The average Bonchev–Trinajstić information content (AvgIpc) is 2.37. The first kappa shape index (κ1) is 6.69. The second kappa shape index (κ2) is 1.78. The molecular weight excluding hydrogens is 120 g/mol. The van der Waals surface area contributed by atoms with E-state index in [0.29, 0.717) is 5.41 Å². The molecule has 0 heteroatoms. The first-order chi connectivity index (χ1) is 4.62. The van der Waals surface area contributed by atoms with Crippen LogP contribution in [-0.2, 0) is 0 Å². The lowest BCUT2D eigenvalue weighted by molar-refractivity contribution is 0.137. The van der Waals surface area contributed by atoms with Crippen LogP contribution in [0.3, 0.4) is 0 Å². The van der Waals surface area contributed by atoms with Crippen LogP contribution in [0.4, 0.5) is 0 Å². The predicted molar refractivity (Wildman–Crippen MR) is 43.8 cm³/mol. The highest BCUT2D eigenvalue weighted by atomic mass is 14.5. The molecule has 2 fully saturated rings. The fourth-order valence-corrected chi connectivity index (χ4v) is 3.13. The van der Waals surface area contributed by atoms with Crippen LogP contribution in [0.5, 0.6) is 0 Å². The van der Waals surface area contributed by atoms with Crippen LogP contribution in [0.2, 0.25) is 0 Å². The Morgan fingerprint density at radius 1 is 1.20 bits per heavy atom. The van der Waals surface area contributed by atoms with Crippen LogP contribution in [0.25, 0.3) is 0 Å². The third kappa shape index (κ3) is 0.627. The van der Waals surface area contributed by atoms with Crippen molar-refractivity contribution in [3.63, 3.8) is 0 Å². The maximum Gasteiger partial charge on any atom is -0.0297 e. The maximum absolute atomic E-state index is 2.46.